The summed E-state index contributed by atoms with van der Waals surface area (Å²) in [5.41, 5.74) is 0.949. The fourth-order valence-electron chi connectivity index (χ4n) is 1.74. The van der Waals surface area contributed by atoms with Crippen molar-refractivity contribution in [3.05, 3.63) is 24.3 Å². The molecule has 0 aliphatic carbocycles. The fourth-order valence-corrected chi connectivity index (χ4v) is 2.99. The molecule has 1 aromatic rings. The van der Waals surface area contributed by atoms with Gasteiger partial charge >= 0.3 is 0 Å². The highest BCUT2D eigenvalue weighted by molar-refractivity contribution is 7.89. The fraction of sp³-hybridized carbons (Fsp3) is 0.500. The normalized spacial score (nSPS) is 16.6. The Morgan fingerprint density at radius 3 is 2.28 bits per heavy atom. The van der Waals surface area contributed by atoms with Gasteiger partial charge in [0.05, 0.1) is 10.9 Å². The number of benzene rings is 1. The molecule has 18 heavy (non-hydrogen) atoms. The van der Waals surface area contributed by atoms with Gasteiger partial charge in [-0.15, -0.1) is 0 Å². The Morgan fingerprint density at radius 1 is 1.22 bits per heavy atom. The van der Waals surface area contributed by atoms with E-state index in [1.165, 1.54) is 0 Å². The average Bonchev–Trinajstić information content (AvgIpc) is 2.22. The van der Waals surface area contributed by atoms with E-state index in [4.69, 9.17) is 0 Å². The van der Waals surface area contributed by atoms with Gasteiger partial charge < -0.3 is 10.6 Å². The van der Waals surface area contributed by atoms with Gasteiger partial charge in [-0.3, -0.25) is 0 Å². The van der Waals surface area contributed by atoms with Crippen molar-refractivity contribution >= 4 is 15.7 Å². The molecule has 0 spiro atoms. The summed E-state index contributed by atoms with van der Waals surface area (Å²) in [4.78, 5) is 0.300. The molecule has 0 atom stereocenters. The lowest BCUT2D eigenvalue weighted by Crippen LogP contribution is -2.51. The summed E-state index contributed by atoms with van der Waals surface area (Å²) in [7, 11) is -3.39. The van der Waals surface area contributed by atoms with Crippen LogP contribution < -0.4 is 15.4 Å². The van der Waals surface area contributed by atoms with Crippen LogP contribution in [-0.2, 0) is 10.0 Å². The summed E-state index contributed by atoms with van der Waals surface area (Å²) < 4.78 is 26.4. The van der Waals surface area contributed by atoms with Gasteiger partial charge in [-0.2, -0.15) is 0 Å². The zero-order valence-electron chi connectivity index (χ0n) is 10.6. The van der Waals surface area contributed by atoms with Crippen molar-refractivity contribution in [3.8, 4) is 0 Å². The van der Waals surface area contributed by atoms with Crippen LogP contribution in [0.5, 0.6) is 0 Å². The first-order valence-corrected chi connectivity index (χ1v) is 7.55. The van der Waals surface area contributed by atoms with Gasteiger partial charge in [-0.05, 0) is 38.1 Å². The predicted octanol–water partition coefficient (Wildman–Crippen LogP) is 0.757. The summed E-state index contributed by atoms with van der Waals surface area (Å²) in [5, 5.41) is 6.49. The molecule has 1 saturated heterocycles. The van der Waals surface area contributed by atoms with Crippen molar-refractivity contribution < 1.29 is 8.42 Å². The van der Waals surface area contributed by atoms with E-state index >= 15 is 0 Å². The minimum Gasteiger partial charge on any atom is -0.380 e. The number of hydrogen-bond donors (Lipinski definition) is 3. The van der Waals surface area contributed by atoms with Crippen LogP contribution >= 0.6 is 0 Å². The van der Waals surface area contributed by atoms with E-state index < -0.39 is 10.0 Å². The van der Waals surface area contributed by atoms with Gasteiger partial charge in [0, 0.05) is 24.8 Å². The van der Waals surface area contributed by atoms with E-state index in [0.29, 0.717) is 10.9 Å². The molecular weight excluding hydrogens is 250 g/mol. The summed E-state index contributed by atoms with van der Waals surface area (Å²) in [5.74, 6) is 0. The minimum absolute atomic E-state index is 0.103. The second kappa shape index (κ2) is 5.26. The average molecular weight is 269 g/mol. The Bertz CT molecular complexity index is 493. The first-order valence-electron chi connectivity index (χ1n) is 6.07. The van der Waals surface area contributed by atoms with Crippen LogP contribution in [0, 0.1) is 0 Å². The van der Waals surface area contributed by atoms with Crippen LogP contribution in [0.25, 0.3) is 0 Å². The number of rotatable bonds is 5. The number of hydrogen-bond acceptors (Lipinski definition) is 4. The number of nitrogens with one attached hydrogen (secondary N) is 3. The molecule has 0 saturated carbocycles. The van der Waals surface area contributed by atoms with Crippen molar-refractivity contribution in [2.24, 2.45) is 0 Å². The molecule has 1 aromatic carbocycles. The third-order valence-corrected chi connectivity index (χ3v) is 4.38. The number of anilines is 1. The van der Waals surface area contributed by atoms with Crippen LogP contribution in [0.2, 0.25) is 0 Å². The summed E-state index contributed by atoms with van der Waals surface area (Å²) in [6.45, 7) is 5.51. The van der Waals surface area contributed by atoms with E-state index in [-0.39, 0.29) is 6.04 Å². The predicted molar refractivity (Wildman–Crippen MR) is 72.2 cm³/mol. The maximum atomic E-state index is 11.9. The molecular formula is C12H19N3O2S. The van der Waals surface area contributed by atoms with E-state index in [2.05, 4.69) is 15.4 Å². The largest absolute Gasteiger partial charge is 0.380 e. The Labute approximate surface area is 108 Å². The second-order valence-corrected chi connectivity index (χ2v) is 6.51. The molecule has 0 radical (unpaired) electrons. The van der Waals surface area contributed by atoms with Crippen molar-refractivity contribution in [3.63, 3.8) is 0 Å². The van der Waals surface area contributed by atoms with Gasteiger partial charge in [0.15, 0.2) is 0 Å². The van der Waals surface area contributed by atoms with Crippen LogP contribution in [0.15, 0.2) is 29.2 Å². The Kier molecular flexibility index (Phi) is 3.89. The SMILES string of the molecule is CC(C)NS(=O)(=O)c1ccc(NC2CNC2)cc1. The quantitative estimate of drug-likeness (QED) is 0.738. The third kappa shape index (κ3) is 3.22. The Hall–Kier alpha value is -1.11. The molecule has 5 nitrogen and oxygen atoms in total. The molecule has 3 N–H and O–H groups in total. The Balaban J connectivity index is 2.06. The lowest BCUT2D eigenvalue weighted by Gasteiger charge is -2.29. The standard InChI is InChI=1S/C12H19N3O2S/c1-9(2)15-18(16,17)12-5-3-10(4-6-12)14-11-7-13-8-11/h3-6,9,11,13-15H,7-8H2,1-2H3. The van der Waals surface area contributed by atoms with Crippen LogP contribution in [0.1, 0.15) is 13.8 Å². The van der Waals surface area contributed by atoms with Crippen molar-refractivity contribution in [2.75, 3.05) is 18.4 Å². The Morgan fingerprint density at radius 2 is 1.83 bits per heavy atom. The van der Waals surface area contributed by atoms with E-state index in [9.17, 15) is 8.42 Å². The summed E-state index contributed by atoms with van der Waals surface area (Å²) in [6.07, 6.45) is 0. The van der Waals surface area contributed by atoms with E-state index in [0.717, 1.165) is 18.8 Å². The molecule has 0 aromatic heterocycles. The lowest BCUT2D eigenvalue weighted by molar-refractivity contribution is 0.472. The smallest absolute Gasteiger partial charge is 0.240 e. The second-order valence-electron chi connectivity index (χ2n) is 4.80. The maximum absolute atomic E-state index is 11.9. The zero-order valence-corrected chi connectivity index (χ0v) is 11.4. The van der Waals surface area contributed by atoms with Gasteiger partial charge in [0.1, 0.15) is 0 Å². The van der Waals surface area contributed by atoms with Crippen molar-refractivity contribution in [1.82, 2.24) is 10.0 Å². The highest BCUT2D eigenvalue weighted by Gasteiger charge is 2.17. The topological polar surface area (TPSA) is 70.2 Å². The van der Waals surface area contributed by atoms with Crippen molar-refractivity contribution in [1.29, 1.82) is 0 Å². The van der Waals surface area contributed by atoms with Crippen LogP contribution in [0.3, 0.4) is 0 Å². The molecule has 100 valence electrons. The third-order valence-electron chi connectivity index (χ3n) is 2.71. The first-order chi connectivity index (χ1) is 8.47. The van der Waals surface area contributed by atoms with Crippen molar-refractivity contribution in [2.45, 2.75) is 30.8 Å². The monoisotopic (exact) mass is 269 g/mol. The molecule has 0 bridgehead atoms. The van der Waals surface area contributed by atoms with Crippen LogP contribution in [0.4, 0.5) is 5.69 Å². The molecule has 1 aliphatic heterocycles. The van der Waals surface area contributed by atoms with Gasteiger partial charge in [0.2, 0.25) is 10.0 Å². The summed E-state index contributed by atoms with van der Waals surface area (Å²) in [6, 6.07) is 7.19. The summed E-state index contributed by atoms with van der Waals surface area (Å²) >= 11 is 0. The molecule has 1 fully saturated rings. The van der Waals surface area contributed by atoms with E-state index in [1.807, 2.05) is 0 Å². The maximum Gasteiger partial charge on any atom is 0.240 e. The lowest BCUT2D eigenvalue weighted by atomic mass is 10.1. The molecule has 1 heterocycles. The highest BCUT2D eigenvalue weighted by Crippen LogP contribution is 2.15. The molecule has 1 aliphatic rings. The zero-order chi connectivity index (χ0) is 13.2. The van der Waals surface area contributed by atoms with Crippen LogP contribution in [-0.4, -0.2) is 33.6 Å². The van der Waals surface area contributed by atoms with E-state index in [1.54, 1.807) is 38.1 Å². The minimum atomic E-state index is -3.39. The van der Waals surface area contributed by atoms with Gasteiger partial charge in [0.25, 0.3) is 0 Å². The first kappa shape index (κ1) is 13.3. The van der Waals surface area contributed by atoms with Gasteiger partial charge in [-0.1, -0.05) is 0 Å². The highest BCUT2D eigenvalue weighted by atomic mass is 32.2. The van der Waals surface area contributed by atoms with Gasteiger partial charge in [-0.25, -0.2) is 13.1 Å². The molecule has 0 amide bonds. The molecule has 6 heteroatoms. The number of sulfonamides is 1. The molecule has 2 rings (SSSR count). The molecule has 0 unspecified atom stereocenters.